The Labute approximate surface area is 122 Å². The van der Waals surface area contributed by atoms with Gasteiger partial charge < -0.3 is 9.84 Å². The molecule has 0 fully saturated rings. The zero-order valence-electron chi connectivity index (χ0n) is 12.2. The molecule has 1 heterocycles. The van der Waals surface area contributed by atoms with Crippen molar-refractivity contribution >= 4 is 11.3 Å². The molecule has 0 spiro atoms. The van der Waals surface area contributed by atoms with Gasteiger partial charge in [0.05, 0.1) is 13.7 Å². The third kappa shape index (κ3) is 2.86. The molecule has 0 atom stereocenters. The number of hydrogen-bond donors (Lipinski definition) is 1. The maximum absolute atomic E-state index is 14.2. The first-order valence-electron chi connectivity index (χ1n) is 6.44. The maximum Gasteiger partial charge on any atom is 0.131 e. The number of methoxy groups -OCH3 is 1. The molecule has 0 aliphatic rings. The minimum Gasteiger partial charge on any atom is -0.497 e. The van der Waals surface area contributed by atoms with E-state index >= 15 is 0 Å². The number of rotatable bonds is 3. The van der Waals surface area contributed by atoms with Gasteiger partial charge in [-0.25, -0.2) is 4.39 Å². The summed E-state index contributed by atoms with van der Waals surface area (Å²) in [5, 5.41) is 9.35. The fourth-order valence-corrected chi connectivity index (χ4v) is 3.20. The van der Waals surface area contributed by atoms with Crippen molar-refractivity contribution in [1.29, 1.82) is 0 Å². The Hall–Kier alpha value is -1.39. The van der Waals surface area contributed by atoms with Gasteiger partial charge in [-0.3, -0.25) is 0 Å². The normalized spacial score (nSPS) is 11.7. The molecule has 1 aromatic heterocycles. The Bertz CT molecular complexity index is 611. The molecular weight excluding hydrogens is 275 g/mol. The second kappa shape index (κ2) is 5.54. The minimum atomic E-state index is -0.279. The van der Waals surface area contributed by atoms with E-state index in [1.807, 2.05) is 6.07 Å². The van der Waals surface area contributed by atoms with E-state index in [1.54, 1.807) is 19.2 Å². The van der Waals surface area contributed by atoms with Crippen LogP contribution in [-0.4, -0.2) is 12.2 Å². The molecule has 0 aliphatic heterocycles. The van der Waals surface area contributed by atoms with Crippen LogP contribution in [0.1, 0.15) is 30.5 Å². The quantitative estimate of drug-likeness (QED) is 0.911. The fraction of sp³-hybridized carbons (Fsp3) is 0.375. The number of halogens is 1. The minimum absolute atomic E-state index is 0.0284. The van der Waals surface area contributed by atoms with Crippen molar-refractivity contribution < 1.29 is 14.2 Å². The number of hydrogen-bond acceptors (Lipinski definition) is 3. The van der Waals surface area contributed by atoms with E-state index in [2.05, 4.69) is 20.8 Å². The van der Waals surface area contributed by atoms with Crippen LogP contribution in [0.3, 0.4) is 0 Å². The first kappa shape index (κ1) is 15.0. The summed E-state index contributed by atoms with van der Waals surface area (Å²) in [4.78, 5) is 1.90. The molecular formula is C16H19FO2S. The zero-order chi connectivity index (χ0) is 14.9. The first-order valence-corrected chi connectivity index (χ1v) is 7.26. The highest BCUT2D eigenvalue weighted by molar-refractivity contribution is 7.12. The number of ether oxygens (including phenoxy) is 1. The molecule has 2 rings (SSSR count). The van der Waals surface area contributed by atoms with Gasteiger partial charge in [0, 0.05) is 15.3 Å². The molecule has 20 heavy (non-hydrogen) atoms. The third-order valence-corrected chi connectivity index (χ3v) is 4.63. The molecule has 0 saturated carbocycles. The van der Waals surface area contributed by atoms with E-state index in [4.69, 9.17) is 4.74 Å². The average Bonchev–Trinajstić information content (AvgIpc) is 2.83. The van der Waals surface area contributed by atoms with Crippen LogP contribution < -0.4 is 4.74 Å². The molecule has 2 aromatic rings. The number of aliphatic hydroxyl groups excluding tert-OH is 1. The molecule has 0 saturated heterocycles. The van der Waals surface area contributed by atoms with E-state index in [0.717, 1.165) is 15.3 Å². The molecule has 0 radical (unpaired) electrons. The summed E-state index contributed by atoms with van der Waals surface area (Å²) >= 11 is 1.53. The lowest BCUT2D eigenvalue weighted by atomic mass is 9.89. The maximum atomic E-state index is 14.2. The van der Waals surface area contributed by atoms with Gasteiger partial charge in [-0.2, -0.15) is 0 Å². The highest BCUT2D eigenvalue weighted by Gasteiger charge is 2.24. The molecule has 2 nitrogen and oxygen atoms in total. The first-order chi connectivity index (χ1) is 9.36. The molecule has 0 amide bonds. The molecule has 0 aliphatic carbocycles. The van der Waals surface area contributed by atoms with E-state index in [-0.39, 0.29) is 17.8 Å². The van der Waals surface area contributed by atoms with E-state index < -0.39 is 0 Å². The zero-order valence-corrected chi connectivity index (χ0v) is 13.0. The highest BCUT2D eigenvalue weighted by atomic mass is 32.1. The van der Waals surface area contributed by atoms with Gasteiger partial charge in [0.1, 0.15) is 11.6 Å². The van der Waals surface area contributed by atoms with Crippen LogP contribution in [0.2, 0.25) is 0 Å². The smallest absolute Gasteiger partial charge is 0.131 e. The number of aliphatic hydroxyl groups is 1. The van der Waals surface area contributed by atoms with Crippen molar-refractivity contribution in [3.8, 4) is 16.9 Å². The molecule has 1 N–H and O–H groups in total. The van der Waals surface area contributed by atoms with Gasteiger partial charge in [-0.05, 0) is 35.2 Å². The lowest BCUT2D eigenvalue weighted by Gasteiger charge is -2.19. The molecule has 0 unspecified atom stereocenters. The third-order valence-electron chi connectivity index (χ3n) is 3.08. The summed E-state index contributed by atoms with van der Waals surface area (Å²) in [5.74, 6) is 0.344. The monoisotopic (exact) mass is 294 g/mol. The number of benzene rings is 1. The second-order valence-corrected chi connectivity index (χ2v) is 6.85. The second-order valence-electron chi connectivity index (χ2n) is 5.71. The predicted octanol–water partition coefficient (Wildman–Crippen LogP) is 4.35. The topological polar surface area (TPSA) is 29.5 Å². The van der Waals surface area contributed by atoms with Crippen molar-refractivity contribution in [1.82, 2.24) is 0 Å². The SMILES string of the molecule is COc1ccc(F)c(-c2cc(CO)sc2C(C)(C)C)c1. The Morgan fingerprint density at radius 2 is 1.90 bits per heavy atom. The average molecular weight is 294 g/mol. The Kier molecular flexibility index (Phi) is 4.16. The molecule has 1 aromatic carbocycles. The Morgan fingerprint density at radius 1 is 1.20 bits per heavy atom. The highest BCUT2D eigenvalue weighted by Crippen LogP contribution is 2.41. The van der Waals surface area contributed by atoms with Crippen molar-refractivity contribution in [2.24, 2.45) is 0 Å². The van der Waals surface area contributed by atoms with Crippen LogP contribution >= 0.6 is 11.3 Å². The van der Waals surface area contributed by atoms with E-state index in [9.17, 15) is 9.50 Å². The van der Waals surface area contributed by atoms with Crippen LogP contribution in [0.4, 0.5) is 4.39 Å². The van der Waals surface area contributed by atoms with Gasteiger partial charge in [-0.15, -0.1) is 11.3 Å². The van der Waals surface area contributed by atoms with Gasteiger partial charge in [-0.1, -0.05) is 20.8 Å². The molecule has 108 valence electrons. The Balaban J connectivity index is 2.65. The van der Waals surface area contributed by atoms with Crippen molar-refractivity contribution in [2.75, 3.05) is 7.11 Å². The van der Waals surface area contributed by atoms with Crippen LogP contribution in [0.5, 0.6) is 5.75 Å². The lowest BCUT2D eigenvalue weighted by Crippen LogP contribution is -2.10. The molecule has 0 bridgehead atoms. The van der Waals surface area contributed by atoms with Gasteiger partial charge in [0.2, 0.25) is 0 Å². The van der Waals surface area contributed by atoms with Gasteiger partial charge in [0.15, 0.2) is 0 Å². The van der Waals surface area contributed by atoms with E-state index in [0.29, 0.717) is 11.3 Å². The summed E-state index contributed by atoms with van der Waals surface area (Å²) in [5.41, 5.74) is 1.25. The standard InChI is InChI=1S/C16H19FO2S/c1-16(2,3)15-13(8-11(9-18)20-15)12-7-10(19-4)5-6-14(12)17/h5-8,18H,9H2,1-4H3. The van der Waals surface area contributed by atoms with Crippen molar-refractivity contribution in [2.45, 2.75) is 32.8 Å². The summed E-state index contributed by atoms with van der Waals surface area (Å²) in [7, 11) is 1.56. The van der Waals surface area contributed by atoms with Crippen LogP contribution in [0, 0.1) is 5.82 Å². The van der Waals surface area contributed by atoms with Crippen molar-refractivity contribution in [3.63, 3.8) is 0 Å². The van der Waals surface area contributed by atoms with E-state index in [1.165, 1.54) is 17.4 Å². The summed E-state index contributed by atoms with van der Waals surface area (Å²) in [6.45, 7) is 6.23. The summed E-state index contributed by atoms with van der Waals surface area (Å²) in [6.07, 6.45) is 0. The van der Waals surface area contributed by atoms with Crippen LogP contribution in [-0.2, 0) is 12.0 Å². The molecule has 4 heteroatoms. The van der Waals surface area contributed by atoms with Crippen LogP contribution in [0.15, 0.2) is 24.3 Å². The van der Waals surface area contributed by atoms with Crippen LogP contribution in [0.25, 0.3) is 11.1 Å². The lowest BCUT2D eigenvalue weighted by molar-refractivity contribution is 0.285. The Morgan fingerprint density at radius 3 is 2.45 bits per heavy atom. The van der Waals surface area contributed by atoms with Gasteiger partial charge >= 0.3 is 0 Å². The summed E-state index contributed by atoms with van der Waals surface area (Å²) in [6, 6.07) is 6.59. The predicted molar refractivity (Wildman–Crippen MR) is 80.9 cm³/mol. The fourth-order valence-electron chi connectivity index (χ4n) is 2.11. The summed E-state index contributed by atoms with van der Waals surface area (Å²) < 4.78 is 19.3. The largest absolute Gasteiger partial charge is 0.497 e. The van der Waals surface area contributed by atoms with Gasteiger partial charge in [0.25, 0.3) is 0 Å². The number of thiophene rings is 1. The van der Waals surface area contributed by atoms with Crippen molar-refractivity contribution in [3.05, 3.63) is 39.8 Å².